The van der Waals surface area contributed by atoms with Crippen molar-refractivity contribution in [3.8, 4) is 0 Å². The Hall–Kier alpha value is -1.67. The highest BCUT2D eigenvalue weighted by Crippen LogP contribution is 2.22. The van der Waals surface area contributed by atoms with Crippen molar-refractivity contribution in [3.63, 3.8) is 0 Å². The van der Waals surface area contributed by atoms with Crippen LogP contribution in [0.25, 0.3) is 0 Å². The number of halogens is 3. The smallest absolute Gasteiger partial charge is 0.189 e. The van der Waals surface area contributed by atoms with Crippen molar-refractivity contribution in [2.75, 3.05) is 6.54 Å². The molecule has 0 bridgehead atoms. The number of ketones is 1. The number of carbonyl (C=O) groups excluding carboxylic acids is 1. The van der Waals surface area contributed by atoms with E-state index in [1.165, 1.54) is 16.9 Å². The van der Waals surface area contributed by atoms with E-state index in [1.54, 1.807) is 0 Å². The fraction of sp³-hybridized carbons (Fsp3) is 0.250. The van der Waals surface area contributed by atoms with Crippen LogP contribution in [0.15, 0.2) is 22.8 Å². The Labute approximate surface area is 121 Å². The molecule has 1 heterocycles. The quantitative estimate of drug-likeness (QED) is 0.661. The first-order chi connectivity index (χ1) is 9.52. The van der Waals surface area contributed by atoms with Gasteiger partial charge in [0.1, 0.15) is 17.3 Å². The Morgan fingerprint density at radius 2 is 2.15 bits per heavy atom. The maximum absolute atomic E-state index is 13.8. The van der Waals surface area contributed by atoms with Crippen LogP contribution in [-0.2, 0) is 13.0 Å². The lowest BCUT2D eigenvalue weighted by atomic mass is 10.1. The van der Waals surface area contributed by atoms with Gasteiger partial charge in [-0.15, -0.1) is 5.10 Å². The van der Waals surface area contributed by atoms with E-state index in [1.807, 2.05) is 0 Å². The normalized spacial score (nSPS) is 10.8. The van der Waals surface area contributed by atoms with Crippen LogP contribution < -0.4 is 5.73 Å². The lowest BCUT2D eigenvalue weighted by Gasteiger charge is -2.04. The molecule has 2 aromatic rings. The third-order valence-electron chi connectivity index (χ3n) is 2.66. The molecule has 0 saturated heterocycles. The van der Waals surface area contributed by atoms with Gasteiger partial charge >= 0.3 is 0 Å². The van der Waals surface area contributed by atoms with Crippen molar-refractivity contribution in [1.29, 1.82) is 0 Å². The molecular formula is C12H11BrF2N4O. The van der Waals surface area contributed by atoms with Gasteiger partial charge in [0.15, 0.2) is 5.78 Å². The molecule has 2 rings (SSSR count). The van der Waals surface area contributed by atoms with E-state index in [-0.39, 0.29) is 15.7 Å². The molecule has 0 spiro atoms. The molecule has 106 valence electrons. The standard InChI is InChI=1S/C12H11BrF2N4O/c13-8-1-2-9(14)7(12(8)15)5-11(20)10-6-19(4-3-16)18-17-10/h1-2,6H,3-5,16H2. The number of nitrogens with zero attached hydrogens (tertiary/aromatic N) is 3. The van der Waals surface area contributed by atoms with Crippen LogP contribution in [0.2, 0.25) is 0 Å². The Morgan fingerprint density at radius 3 is 2.85 bits per heavy atom. The maximum Gasteiger partial charge on any atom is 0.189 e. The number of hydrogen-bond donors (Lipinski definition) is 1. The van der Waals surface area contributed by atoms with E-state index in [2.05, 4.69) is 26.2 Å². The molecule has 0 aliphatic rings. The minimum Gasteiger partial charge on any atom is -0.329 e. The molecule has 1 aromatic carbocycles. The zero-order chi connectivity index (χ0) is 14.7. The first kappa shape index (κ1) is 14.7. The minimum atomic E-state index is -0.785. The summed E-state index contributed by atoms with van der Waals surface area (Å²) in [6.45, 7) is 0.770. The van der Waals surface area contributed by atoms with Crippen molar-refractivity contribution < 1.29 is 13.6 Å². The summed E-state index contributed by atoms with van der Waals surface area (Å²) in [5, 5.41) is 7.36. The molecule has 20 heavy (non-hydrogen) atoms. The summed E-state index contributed by atoms with van der Waals surface area (Å²) in [5.74, 6) is -2.06. The molecular weight excluding hydrogens is 334 g/mol. The Morgan fingerprint density at radius 1 is 1.40 bits per heavy atom. The second-order valence-corrected chi connectivity index (χ2v) is 4.93. The van der Waals surface area contributed by atoms with Gasteiger partial charge < -0.3 is 5.73 Å². The molecule has 0 atom stereocenters. The van der Waals surface area contributed by atoms with E-state index < -0.39 is 23.8 Å². The van der Waals surface area contributed by atoms with E-state index in [0.29, 0.717) is 13.1 Å². The molecule has 0 amide bonds. The van der Waals surface area contributed by atoms with Crippen LogP contribution in [0.5, 0.6) is 0 Å². The summed E-state index contributed by atoms with van der Waals surface area (Å²) in [6, 6.07) is 2.34. The van der Waals surface area contributed by atoms with Gasteiger partial charge in [0.25, 0.3) is 0 Å². The van der Waals surface area contributed by atoms with E-state index in [4.69, 9.17) is 5.73 Å². The largest absolute Gasteiger partial charge is 0.329 e. The van der Waals surface area contributed by atoms with Gasteiger partial charge in [-0.05, 0) is 28.1 Å². The van der Waals surface area contributed by atoms with Gasteiger partial charge in [0, 0.05) is 18.5 Å². The van der Waals surface area contributed by atoms with Gasteiger partial charge in [0.05, 0.1) is 17.2 Å². The number of Topliss-reactive ketones (excluding diaryl/α,β-unsaturated/α-hetero) is 1. The molecule has 0 aliphatic heterocycles. The number of rotatable bonds is 5. The average molecular weight is 345 g/mol. The first-order valence-corrected chi connectivity index (χ1v) is 6.58. The van der Waals surface area contributed by atoms with Gasteiger partial charge in [-0.1, -0.05) is 5.21 Å². The lowest BCUT2D eigenvalue weighted by Crippen LogP contribution is -2.10. The number of benzene rings is 1. The summed E-state index contributed by atoms with van der Waals surface area (Å²) in [6.07, 6.45) is 0.988. The van der Waals surface area contributed by atoms with Crippen LogP contribution in [-0.4, -0.2) is 27.3 Å². The molecule has 0 saturated carbocycles. The van der Waals surface area contributed by atoms with Gasteiger partial charge in [-0.2, -0.15) is 0 Å². The monoisotopic (exact) mass is 344 g/mol. The topological polar surface area (TPSA) is 73.8 Å². The van der Waals surface area contributed by atoms with Crippen molar-refractivity contribution in [2.24, 2.45) is 5.73 Å². The summed E-state index contributed by atoms with van der Waals surface area (Å²) in [7, 11) is 0. The number of hydrogen-bond acceptors (Lipinski definition) is 4. The molecule has 5 nitrogen and oxygen atoms in total. The number of aromatic nitrogens is 3. The molecule has 8 heteroatoms. The first-order valence-electron chi connectivity index (χ1n) is 5.78. The molecule has 0 radical (unpaired) electrons. The second kappa shape index (κ2) is 6.19. The zero-order valence-electron chi connectivity index (χ0n) is 10.3. The third kappa shape index (κ3) is 3.07. The summed E-state index contributed by atoms with van der Waals surface area (Å²) in [4.78, 5) is 12.0. The fourth-order valence-corrected chi connectivity index (χ4v) is 2.02. The predicted molar refractivity (Wildman–Crippen MR) is 71.2 cm³/mol. The third-order valence-corrected chi connectivity index (χ3v) is 3.27. The van der Waals surface area contributed by atoms with Crippen molar-refractivity contribution in [2.45, 2.75) is 13.0 Å². The van der Waals surface area contributed by atoms with Crippen molar-refractivity contribution in [1.82, 2.24) is 15.0 Å². The second-order valence-electron chi connectivity index (χ2n) is 4.08. The molecule has 2 N–H and O–H groups in total. The van der Waals surface area contributed by atoms with Crippen molar-refractivity contribution >= 4 is 21.7 Å². The lowest BCUT2D eigenvalue weighted by molar-refractivity contribution is 0.0985. The highest BCUT2D eigenvalue weighted by molar-refractivity contribution is 9.10. The van der Waals surface area contributed by atoms with E-state index in [9.17, 15) is 13.6 Å². The summed E-state index contributed by atoms with van der Waals surface area (Å²) in [5.41, 5.74) is 5.11. The van der Waals surface area contributed by atoms with Crippen LogP contribution in [0.3, 0.4) is 0 Å². The SMILES string of the molecule is NCCn1cc(C(=O)Cc2c(F)ccc(Br)c2F)nn1. The van der Waals surface area contributed by atoms with Crippen molar-refractivity contribution in [3.05, 3.63) is 45.7 Å². The fourth-order valence-electron chi connectivity index (χ4n) is 1.65. The average Bonchev–Trinajstić information content (AvgIpc) is 2.88. The van der Waals surface area contributed by atoms with Crippen LogP contribution in [0, 0.1) is 11.6 Å². The number of nitrogens with two attached hydrogens (primary N) is 1. The van der Waals surface area contributed by atoms with E-state index in [0.717, 1.165) is 6.07 Å². The van der Waals surface area contributed by atoms with Crippen LogP contribution in [0.4, 0.5) is 8.78 Å². The highest BCUT2D eigenvalue weighted by atomic mass is 79.9. The minimum absolute atomic E-state index is 0.0530. The molecule has 1 aromatic heterocycles. The van der Waals surface area contributed by atoms with Crippen LogP contribution >= 0.6 is 15.9 Å². The van der Waals surface area contributed by atoms with Gasteiger partial charge in [-0.25, -0.2) is 8.78 Å². The number of carbonyl (C=O) groups is 1. The highest BCUT2D eigenvalue weighted by Gasteiger charge is 2.18. The molecule has 0 unspecified atom stereocenters. The van der Waals surface area contributed by atoms with E-state index >= 15 is 0 Å². The maximum atomic E-state index is 13.8. The van der Waals surface area contributed by atoms with Crippen LogP contribution in [0.1, 0.15) is 16.1 Å². The zero-order valence-corrected chi connectivity index (χ0v) is 11.9. The summed E-state index contributed by atoms with van der Waals surface area (Å²) >= 11 is 2.95. The Kier molecular flexibility index (Phi) is 4.56. The Bertz CT molecular complexity index is 644. The molecule has 0 aliphatic carbocycles. The summed E-state index contributed by atoms with van der Waals surface area (Å²) < 4.78 is 28.8. The van der Waals surface area contributed by atoms with Gasteiger partial charge in [0.2, 0.25) is 0 Å². The van der Waals surface area contributed by atoms with Gasteiger partial charge in [-0.3, -0.25) is 9.48 Å². The predicted octanol–water partition coefficient (Wildman–Crippen LogP) is 1.70. The molecule has 0 fully saturated rings. The Balaban J connectivity index is 2.21.